The summed E-state index contributed by atoms with van der Waals surface area (Å²) < 4.78 is 5.05. The summed E-state index contributed by atoms with van der Waals surface area (Å²) in [6.07, 6.45) is 2.60. The molecule has 0 spiro atoms. The zero-order chi connectivity index (χ0) is 14.5. The van der Waals surface area contributed by atoms with E-state index in [1.807, 2.05) is 18.3 Å². The first-order chi connectivity index (χ1) is 9.60. The normalized spacial score (nSPS) is 12.4. The number of benzene rings is 1. The predicted octanol–water partition coefficient (Wildman–Crippen LogP) is 3.46. The van der Waals surface area contributed by atoms with Gasteiger partial charge in [-0.05, 0) is 29.0 Å². The summed E-state index contributed by atoms with van der Waals surface area (Å²) >= 11 is 0. The van der Waals surface area contributed by atoms with Crippen LogP contribution in [0.5, 0.6) is 5.88 Å². The molecule has 0 saturated carbocycles. The fourth-order valence-corrected chi connectivity index (χ4v) is 2.15. The largest absolute Gasteiger partial charge is 0.481 e. The van der Waals surface area contributed by atoms with Crippen LogP contribution in [0.15, 0.2) is 42.6 Å². The van der Waals surface area contributed by atoms with Crippen LogP contribution < -0.4 is 10.5 Å². The van der Waals surface area contributed by atoms with E-state index in [9.17, 15) is 0 Å². The van der Waals surface area contributed by atoms with Crippen LogP contribution in [0, 0.1) is 0 Å². The molecule has 0 saturated heterocycles. The molecule has 3 nitrogen and oxygen atoms in total. The van der Waals surface area contributed by atoms with Crippen LogP contribution in [0.25, 0.3) is 0 Å². The molecular formula is C17H22N2O. The molecule has 1 aromatic carbocycles. The predicted molar refractivity (Wildman–Crippen MR) is 82.0 cm³/mol. The van der Waals surface area contributed by atoms with Crippen LogP contribution in [0.1, 0.15) is 42.5 Å². The molecule has 1 unspecified atom stereocenters. The fraction of sp³-hybridized carbons (Fsp3) is 0.353. The molecule has 1 heterocycles. The molecule has 0 radical (unpaired) electrons. The van der Waals surface area contributed by atoms with Gasteiger partial charge in [-0.15, -0.1) is 0 Å². The number of ether oxygens (including phenoxy) is 1. The molecule has 106 valence electrons. The van der Waals surface area contributed by atoms with E-state index in [1.54, 1.807) is 7.11 Å². The molecule has 0 aliphatic heterocycles. The number of aromatic nitrogens is 1. The lowest BCUT2D eigenvalue weighted by atomic mass is 9.96. The molecule has 1 atom stereocenters. The van der Waals surface area contributed by atoms with Gasteiger partial charge in [0.15, 0.2) is 0 Å². The lowest BCUT2D eigenvalue weighted by Crippen LogP contribution is -2.13. The van der Waals surface area contributed by atoms with E-state index in [2.05, 4.69) is 43.1 Å². The molecule has 0 aliphatic carbocycles. The quantitative estimate of drug-likeness (QED) is 0.905. The Bertz CT molecular complexity index is 532. The lowest BCUT2D eigenvalue weighted by molar-refractivity contribution is 0.397. The lowest BCUT2D eigenvalue weighted by Gasteiger charge is -2.14. The highest BCUT2D eigenvalue weighted by atomic mass is 16.5. The van der Waals surface area contributed by atoms with E-state index in [4.69, 9.17) is 10.5 Å². The number of nitrogens with zero attached hydrogens (tertiary/aromatic N) is 1. The maximum Gasteiger partial charge on any atom is 0.212 e. The third-order valence-corrected chi connectivity index (χ3v) is 3.49. The first kappa shape index (κ1) is 14.5. The van der Waals surface area contributed by atoms with Crippen LogP contribution in [-0.4, -0.2) is 12.1 Å². The van der Waals surface area contributed by atoms with Crippen molar-refractivity contribution in [2.75, 3.05) is 7.11 Å². The van der Waals surface area contributed by atoms with Crippen molar-refractivity contribution in [3.63, 3.8) is 0 Å². The first-order valence-corrected chi connectivity index (χ1v) is 6.94. The van der Waals surface area contributed by atoms with Crippen LogP contribution >= 0.6 is 0 Å². The summed E-state index contributed by atoms with van der Waals surface area (Å²) in [5.74, 6) is 1.18. The molecule has 0 bridgehead atoms. The minimum absolute atomic E-state index is 0.00796. The number of pyridine rings is 1. The summed E-state index contributed by atoms with van der Waals surface area (Å²) in [6.45, 7) is 4.38. The van der Waals surface area contributed by atoms with Gasteiger partial charge in [0, 0.05) is 18.3 Å². The van der Waals surface area contributed by atoms with Gasteiger partial charge in [-0.25, -0.2) is 4.98 Å². The summed E-state index contributed by atoms with van der Waals surface area (Å²) in [7, 11) is 1.62. The Hall–Kier alpha value is -1.87. The zero-order valence-corrected chi connectivity index (χ0v) is 12.3. The van der Waals surface area contributed by atoms with Gasteiger partial charge in [-0.3, -0.25) is 0 Å². The van der Waals surface area contributed by atoms with Crippen LogP contribution in [0.2, 0.25) is 0 Å². The smallest absolute Gasteiger partial charge is 0.212 e. The summed E-state index contributed by atoms with van der Waals surface area (Å²) in [5.41, 5.74) is 9.88. The highest BCUT2D eigenvalue weighted by Crippen LogP contribution is 2.20. The minimum atomic E-state index is -0.00796. The average Bonchev–Trinajstić information content (AvgIpc) is 2.48. The van der Waals surface area contributed by atoms with Crippen molar-refractivity contribution in [1.82, 2.24) is 4.98 Å². The third-order valence-electron chi connectivity index (χ3n) is 3.49. The molecule has 1 aromatic heterocycles. The molecule has 0 fully saturated rings. The Morgan fingerprint density at radius 3 is 2.20 bits per heavy atom. The van der Waals surface area contributed by atoms with Gasteiger partial charge in [-0.2, -0.15) is 0 Å². The molecule has 2 rings (SSSR count). The van der Waals surface area contributed by atoms with Gasteiger partial charge in [0.05, 0.1) is 7.11 Å². The second-order valence-corrected chi connectivity index (χ2v) is 5.34. The van der Waals surface area contributed by atoms with E-state index < -0.39 is 0 Å². The molecule has 2 aromatic rings. The Balaban J connectivity index is 2.04. The molecule has 0 aliphatic rings. The maximum absolute atomic E-state index is 6.26. The number of hydrogen-bond acceptors (Lipinski definition) is 3. The molecular weight excluding hydrogens is 248 g/mol. The number of hydrogen-bond donors (Lipinski definition) is 1. The monoisotopic (exact) mass is 270 g/mol. The van der Waals surface area contributed by atoms with Crippen molar-refractivity contribution in [1.29, 1.82) is 0 Å². The van der Waals surface area contributed by atoms with E-state index in [1.165, 1.54) is 5.56 Å². The van der Waals surface area contributed by atoms with Gasteiger partial charge >= 0.3 is 0 Å². The minimum Gasteiger partial charge on any atom is -0.481 e. The number of methoxy groups -OCH3 is 1. The Kier molecular flexibility index (Phi) is 4.74. The average molecular weight is 270 g/mol. The van der Waals surface area contributed by atoms with Gasteiger partial charge in [0.25, 0.3) is 0 Å². The van der Waals surface area contributed by atoms with Gasteiger partial charge in [0.2, 0.25) is 5.88 Å². The first-order valence-electron chi connectivity index (χ1n) is 6.94. The molecule has 3 heteroatoms. The van der Waals surface area contributed by atoms with Crippen molar-refractivity contribution in [2.24, 2.45) is 5.73 Å². The molecule has 0 amide bonds. The Morgan fingerprint density at radius 1 is 1.05 bits per heavy atom. The second-order valence-electron chi connectivity index (χ2n) is 5.34. The number of nitrogens with two attached hydrogens (primary N) is 1. The van der Waals surface area contributed by atoms with E-state index in [0.29, 0.717) is 11.8 Å². The second kappa shape index (κ2) is 6.53. The molecule has 20 heavy (non-hydrogen) atoms. The van der Waals surface area contributed by atoms with Crippen LogP contribution in [-0.2, 0) is 6.42 Å². The zero-order valence-electron chi connectivity index (χ0n) is 12.3. The van der Waals surface area contributed by atoms with Gasteiger partial charge in [-0.1, -0.05) is 44.2 Å². The summed E-state index contributed by atoms with van der Waals surface area (Å²) in [4.78, 5) is 4.20. The van der Waals surface area contributed by atoms with Gasteiger partial charge in [0.1, 0.15) is 0 Å². The standard InChI is InChI=1S/C17H22N2O/c1-12(2)14-5-7-15(8-6-14)16(18)10-13-4-9-17(20-3)19-11-13/h4-9,11-12,16H,10,18H2,1-3H3. The Morgan fingerprint density at radius 2 is 1.70 bits per heavy atom. The third kappa shape index (κ3) is 3.58. The SMILES string of the molecule is COc1ccc(CC(N)c2ccc(C(C)C)cc2)cn1. The highest BCUT2D eigenvalue weighted by Gasteiger charge is 2.08. The van der Waals surface area contributed by atoms with E-state index in [-0.39, 0.29) is 6.04 Å². The van der Waals surface area contributed by atoms with E-state index >= 15 is 0 Å². The van der Waals surface area contributed by atoms with Gasteiger partial charge < -0.3 is 10.5 Å². The highest BCUT2D eigenvalue weighted by molar-refractivity contribution is 5.28. The Labute approximate surface area is 120 Å². The summed E-state index contributed by atoms with van der Waals surface area (Å²) in [5, 5.41) is 0. The van der Waals surface area contributed by atoms with E-state index in [0.717, 1.165) is 17.5 Å². The van der Waals surface area contributed by atoms with Crippen LogP contribution in [0.4, 0.5) is 0 Å². The van der Waals surface area contributed by atoms with Crippen molar-refractivity contribution in [2.45, 2.75) is 32.2 Å². The maximum atomic E-state index is 6.26. The van der Waals surface area contributed by atoms with Crippen molar-refractivity contribution >= 4 is 0 Å². The molecule has 2 N–H and O–H groups in total. The van der Waals surface area contributed by atoms with Crippen molar-refractivity contribution < 1.29 is 4.74 Å². The summed E-state index contributed by atoms with van der Waals surface area (Å²) in [6, 6.07) is 12.4. The topological polar surface area (TPSA) is 48.1 Å². The number of rotatable bonds is 5. The van der Waals surface area contributed by atoms with Crippen molar-refractivity contribution in [3.05, 3.63) is 59.3 Å². The van der Waals surface area contributed by atoms with Crippen molar-refractivity contribution in [3.8, 4) is 5.88 Å². The fourth-order valence-electron chi connectivity index (χ4n) is 2.15. The van der Waals surface area contributed by atoms with Crippen LogP contribution in [0.3, 0.4) is 0 Å².